The average molecular weight is 246 g/mol. The molecule has 2 heterocycles. The SMILES string of the molecule is O=C(O)c1ccc(C(=O)N2CCC23CCC3)cn1. The average Bonchev–Trinajstić information content (AvgIpc) is 2.25. The third-order valence-corrected chi connectivity index (χ3v) is 4.13. The molecular formula is C13H14N2O3. The predicted molar refractivity (Wildman–Crippen MR) is 63.4 cm³/mol. The van der Waals surface area contributed by atoms with E-state index in [1.54, 1.807) is 6.07 Å². The fourth-order valence-electron chi connectivity index (χ4n) is 2.76. The number of aromatic carboxylic acids is 1. The molecule has 5 heteroatoms. The Bertz CT molecular complexity index is 500. The molecule has 0 radical (unpaired) electrons. The lowest BCUT2D eigenvalue weighted by molar-refractivity contribution is -0.0487. The molecule has 94 valence electrons. The van der Waals surface area contributed by atoms with Crippen LogP contribution in [0.4, 0.5) is 0 Å². The monoisotopic (exact) mass is 246 g/mol. The summed E-state index contributed by atoms with van der Waals surface area (Å²) in [5.41, 5.74) is 0.558. The van der Waals surface area contributed by atoms with Crippen molar-refractivity contribution < 1.29 is 14.7 Å². The second kappa shape index (κ2) is 3.80. The summed E-state index contributed by atoms with van der Waals surface area (Å²) in [5, 5.41) is 8.75. The maximum absolute atomic E-state index is 12.3. The smallest absolute Gasteiger partial charge is 0.354 e. The molecule has 1 amide bonds. The fraction of sp³-hybridized carbons (Fsp3) is 0.462. The number of likely N-dealkylation sites (tertiary alicyclic amines) is 1. The summed E-state index contributed by atoms with van der Waals surface area (Å²) < 4.78 is 0. The number of carbonyl (C=O) groups is 2. The topological polar surface area (TPSA) is 70.5 Å². The molecule has 1 saturated heterocycles. The van der Waals surface area contributed by atoms with Crippen molar-refractivity contribution in [1.29, 1.82) is 0 Å². The van der Waals surface area contributed by atoms with E-state index in [4.69, 9.17) is 5.11 Å². The van der Waals surface area contributed by atoms with Gasteiger partial charge in [-0.1, -0.05) is 0 Å². The van der Waals surface area contributed by atoms with E-state index in [1.165, 1.54) is 18.7 Å². The van der Waals surface area contributed by atoms with E-state index >= 15 is 0 Å². The Kier molecular flexibility index (Phi) is 2.36. The number of pyridine rings is 1. The van der Waals surface area contributed by atoms with Gasteiger partial charge in [-0.05, 0) is 37.8 Å². The number of nitrogens with zero attached hydrogens (tertiary/aromatic N) is 2. The van der Waals surface area contributed by atoms with Crippen LogP contribution in [0.25, 0.3) is 0 Å². The highest BCUT2D eigenvalue weighted by Gasteiger charge is 2.51. The van der Waals surface area contributed by atoms with Gasteiger partial charge in [0.1, 0.15) is 5.69 Å². The molecular weight excluding hydrogens is 232 g/mol. The quantitative estimate of drug-likeness (QED) is 0.859. The van der Waals surface area contributed by atoms with Gasteiger partial charge in [0.2, 0.25) is 0 Å². The van der Waals surface area contributed by atoms with Crippen molar-refractivity contribution in [3.8, 4) is 0 Å². The number of amides is 1. The van der Waals surface area contributed by atoms with Gasteiger partial charge in [-0.2, -0.15) is 0 Å². The number of carbonyl (C=O) groups excluding carboxylic acids is 1. The lowest BCUT2D eigenvalue weighted by Crippen LogP contribution is -2.65. The van der Waals surface area contributed by atoms with Gasteiger partial charge in [0.15, 0.2) is 0 Å². The second-order valence-electron chi connectivity index (χ2n) is 5.02. The van der Waals surface area contributed by atoms with Crippen LogP contribution in [0.5, 0.6) is 0 Å². The summed E-state index contributed by atoms with van der Waals surface area (Å²) in [4.78, 5) is 28.6. The Labute approximate surface area is 104 Å². The zero-order valence-electron chi connectivity index (χ0n) is 9.93. The molecule has 0 bridgehead atoms. The van der Waals surface area contributed by atoms with E-state index in [2.05, 4.69) is 4.98 Å². The molecule has 1 saturated carbocycles. The lowest BCUT2D eigenvalue weighted by atomic mass is 9.67. The Morgan fingerprint density at radius 1 is 1.28 bits per heavy atom. The lowest BCUT2D eigenvalue weighted by Gasteiger charge is -2.58. The molecule has 1 aromatic heterocycles. The number of carboxylic acids is 1. The van der Waals surface area contributed by atoms with E-state index in [0.29, 0.717) is 5.56 Å². The molecule has 1 N–H and O–H groups in total. The maximum atomic E-state index is 12.3. The van der Waals surface area contributed by atoms with Crippen molar-refractivity contribution in [2.24, 2.45) is 0 Å². The van der Waals surface area contributed by atoms with Crippen LogP contribution in [0.15, 0.2) is 18.3 Å². The zero-order chi connectivity index (χ0) is 12.8. The van der Waals surface area contributed by atoms with E-state index in [9.17, 15) is 9.59 Å². The summed E-state index contributed by atoms with van der Waals surface area (Å²) in [6.45, 7) is 0.805. The van der Waals surface area contributed by atoms with Crippen molar-refractivity contribution in [3.63, 3.8) is 0 Å². The number of hydrogen-bond acceptors (Lipinski definition) is 3. The zero-order valence-corrected chi connectivity index (χ0v) is 9.93. The van der Waals surface area contributed by atoms with Crippen LogP contribution in [0.1, 0.15) is 46.5 Å². The summed E-state index contributed by atoms with van der Waals surface area (Å²) in [7, 11) is 0. The van der Waals surface area contributed by atoms with Gasteiger partial charge in [-0.25, -0.2) is 9.78 Å². The minimum absolute atomic E-state index is 0.0228. The minimum Gasteiger partial charge on any atom is -0.477 e. The van der Waals surface area contributed by atoms with Gasteiger partial charge in [0.05, 0.1) is 5.56 Å². The summed E-state index contributed by atoms with van der Waals surface area (Å²) in [6.07, 6.45) is 5.84. The molecule has 0 unspecified atom stereocenters. The molecule has 3 rings (SSSR count). The van der Waals surface area contributed by atoms with Gasteiger partial charge < -0.3 is 10.0 Å². The molecule has 2 aliphatic rings. The van der Waals surface area contributed by atoms with Crippen molar-refractivity contribution in [3.05, 3.63) is 29.6 Å². The van der Waals surface area contributed by atoms with Crippen molar-refractivity contribution >= 4 is 11.9 Å². The van der Waals surface area contributed by atoms with E-state index in [1.807, 2.05) is 4.90 Å². The predicted octanol–water partition coefficient (Wildman–Crippen LogP) is 1.55. The molecule has 18 heavy (non-hydrogen) atoms. The van der Waals surface area contributed by atoms with Crippen molar-refractivity contribution in [2.75, 3.05) is 6.54 Å². The first kappa shape index (κ1) is 11.2. The number of carboxylic acid groups (broad SMARTS) is 1. The summed E-state index contributed by atoms with van der Waals surface area (Å²) in [6, 6.07) is 2.92. The van der Waals surface area contributed by atoms with Gasteiger partial charge >= 0.3 is 5.97 Å². The first-order chi connectivity index (χ1) is 8.62. The molecule has 0 aromatic carbocycles. The number of hydrogen-bond donors (Lipinski definition) is 1. The fourth-order valence-corrected chi connectivity index (χ4v) is 2.76. The highest BCUT2D eigenvalue weighted by molar-refractivity contribution is 5.96. The summed E-state index contributed by atoms with van der Waals surface area (Å²) in [5.74, 6) is -1.10. The van der Waals surface area contributed by atoms with Crippen LogP contribution in [0, 0.1) is 0 Å². The Morgan fingerprint density at radius 3 is 2.44 bits per heavy atom. The van der Waals surface area contributed by atoms with Crippen molar-refractivity contribution in [1.82, 2.24) is 9.88 Å². The van der Waals surface area contributed by atoms with E-state index < -0.39 is 5.97 Å². The maximum Gasteiger partial charge on any atom is 0.354 e. The van der Waals surface area contributed by atoms with Crippen LogP contribution in [-0.2, 0) is 0 Å². The molecule has 1 aliphatic carbocycles. The molecule has 1 aliphatic heterocycles. The number of aromatic nitrogens is 1. The molecule has 1 aromatic rings. The van der Waals surface area contributed by atoms with Crippen molar-refractivity contribution in [2.45, 2.75) is 31.2 Å². The minimum atomic E-state index is -1.08. The molecule has 2 fully saturated rings. The summed E-state index contributed by atoms with van der Waals surface area (Å²) >= 11 is 0. The highest BCUT2D eigenvalue weighted by atomic mass is 16.4. The number of rotatable bonds is 2. The third-order valence-electron chi connectivity index (χ3n) is 4.13. The van der Waals surface area contributed by atoms with Crippen LogP contribution < -0.4 is 0 Å². The molecule has 1 spiro atoms. The van der Waals surface area contributed by atoms with Crippen LogP contribution in [0.2, 0.25) is 0 Å². The normalized spacial score (nSPS) is 20.1. The van der Waals surface area contributed by atoms with Crippen LogP contribution >= 0.6 is 0 Å². The van der Waals surface area contributed by atoms with E-state index in [0.717, 1.165) is 25.8 Å². The van der Waals surface area contributed by atoms with Gasteiger partial charge in [-0.3, -0.25) is 4.79 Å². The largest absolute Gasteiger partial charge is 0.477 e. The van der Waals surface area contributed by atoms with Gasteiger partial charge in [0.25, 0.3) is 5.91 Å². The van der Waals surface area contributed by atoms with Crippen LogP contribution in [0.3, 0.4) is 0 Å². The first-order valence-corrected chi connectivity index (χ1v) is 6.14. The van der Waals surface area contributed by atoms with Crippen LogP contribution in [-0.4, -0.2) is 39.0 Å². The standard InChI is InChI=1S/C13H14N2O3/c16-11(15-7-6-13(15)4-1-5-13)9-2-3-10(12(17)18)14-8-9/h2-3,8H,1,4-7H2,(H,17,18). The van der Waals surface area contributed by atoms with Gasteiger partial charge in [-0.15, -0.1) is 0 Å². The highest BCUT2D eigenvalue weighted by Crippen LogP contribution is 2.47. The molecule has 5 nitrogen and oxygen atoms in total. The molecule has 0 atom stereocenters. The third kappa shape index (κ3) is 1.50. The Hall–Kier alpha value is -1.91. The first-order valence-electron chi connectivity index (χ1n) is 6.14. The Balaban J connectivity index is 1.78. The second-order valence-corrected chi connectivity index (χ2v) is 5.02. The van der Waals surface area contributed by atoms with E-state index in [-0.39, 0.29) is 17.1 Å². The Morgan fingerprint density at radius 2 is 2.06 bits per heavy atom. The van der Waals surface area contributed by atoms with Gasteiger partial charge in [0, 0.05) is 18.3 Å².